The molecule has 324 valence electrons. The van der Waals surface area contributed by atoms with Gasteiger partial charge in [0.1, 0.15) is 42.7 Å². The van der Waals surface area contributed by atoms with E-state index in [2.05, 4.69) is 40.7 Å². The second-order valence-electron chi connectivity index (χ2n) is 20.9. The molecule has 0 aromatic carbocycles. The van der Waals surface area contributed by atoms with Crippen molar-refractivity contribution in [2.45, 2.75) is 180 Å². The monoisotopic (exact) mass is 810 g/mol. The molecule has 2 aliphatic heterocycles. The average molecular weight is 811 g/mol. The Kier molecular flexibility index (Phi) is 11.0. The number of fused-ring (bicyclic) bond motifs is 7. The Morgan fingerprint density at radius 1 is 0.754 bits per heavy atom. The maximum absolute atomic E-state index is 14.6. The first-order valence-corrected chi connectivity index (χ1v) is 20.9. The highest BCUT2D eigenvalue weighted by atomic mass is 16.7. The number of carboxylic acid groups (broad SMARTS) is 1. The minimum absolute atomic E-state index is 0.0337. The molecule has 0 aromatic rings. The van der Waals surface area contributed by atoms with E-state index < -0.39 is 103 Å². The Labute approximate surface area is 334 Å². The van der Waals surface area contributed by atoms with Crippen molar-refractivity contribution in [1.82, 2.24) is 0 Å². The molecule has 15 heteroatoms. The Bertz CT molecular complexity index is 1600. The number of hydrogen-bond donors (Lipinski definition) is 9. The van der Waals surface area contributed by atoms with Crippen LogP contribution in [0.4, 0.5) is 0 Å². The minimum atomic E-state index is -1.86. The van der Waals surface area contributed by atoms with E-state index in [-0.39, 0.29) is 39.4 Å². The smallest absolute Gasteiger partial charge is 0.335 e. The molecule has 19 atom stereocenters. The van der Waals surface area contributed by atoms with Crippen LogP contribution in [0.5, 0.6) is 0 Å². The normalized spacial score (nSPS) is 52.9. The summed E-state index contributed by atoms with van der Waals surface area (Å²) in [6, 6.07) is 0. The van der Waals surface area contributed by atoms with Crippen molar-refractivity contribution in [3.63, 3.8) is 0 Å². The lowest BCUT2D eigenvalue weighted by Crippen LogP contribution is -2.68. The first-order valence-electron chi connectivity index (χ1n) is 20.9. The van der Waals surface area contributed by atoms with Crippen molar-refractivity contribution in [2.75, 3.05) is 6.61 Å². The van der Waals surface area contributed by atoms with E-state index in [0.717, 1.165) is 25.7 Å². The van der Waals surface area contributed by atoms with Crippen LogP contribution in [0.2, 0.25) is 0 Å². The van der Waals surface area contributed by atoms with Gasteiger partial charge in [-0.05, 0) is 103 Å². The van der Waals surface area contributed by atoms with E-state index in [9.17, 15) is 55.5 Å². The van der Waals surface area contributed by atoms with Gasteiger partial charge in [-0.15, -0.1) is 0 Å². The molecule has 2 heterocycles. The maximum Gasteiger partial charge on any atom is 0.335 e. The topological polar surface area (TPSA) is 253 Å². The van der Waals surface area contributed by atoms with Crippen LogP contribution in [0.25, 0.3) is 0 Å². The molecule has 4 saturated carbocycles. The van der Waals surface area contributed by atoms with E-state index in [1.54, 1.807) is 0 Å². The molecule has 0 unspecified atom stereocenters. The third kappa shape index (κ3) is 6.39. The summed E-state index contributed by atoms with van der Waals surface area (Å²) < 4.78 is 23.3. The van der Waals surface area contributed by atoms with Gasteiger partial charge in [-0.2, -0.15) is 0 Å². The number of carbonyl (C=O) groups is 2. The fourth-order valence-electron chi connectivity index (χ4n) is 13.7. The third-order valence-corrected chi connectivity index (χ3v) is 17.1. The van der Waals surface area contributed by atoms with E-state index in [0.29, 0.717) is 32.1 Å². The number of aliphatic hydroxyl groups is 8. The van der Waals surface area contributed by atoms with Gasteiger partial charge in [-0.1, -0.05) is 60.1 Å². The van der Waals surface area contributed by atoms with Crippen LogP contribution in [0, 0.1) is 50.2 Å². The summed E-state index contributed by atoms with van der Waals surface area (Å²) >= 11 is 0. The second kappa shape index (κ2) is 14.4. The number of aliphatic carboxylic acids is 1. The van der Waals surface area contributed by atoms with Crippen molar-refractivity contribution < 1.29 is 74.5 Å². The van der Waals surface area contributed by atoms with Gasteiger partial charge in [0, 0.05) is 0 Å². The van der Waals surface area contributed by atoms with E-state index >= 15 is 0 Å². The average Bonchev–Trinajstić information content (AvgIpc) is 3.13. The maximum atomic E-state index is 14.6. The van der Waals surface area contributed by atoms with Crippen LogP contribution in [-0.2, 0) is 28.5 Å². The summed E-state index contributed by atoms with van der Waals surface area (Å²) in [7, 11) is 0. The molecule has 9 N–H and O–H groups in total. The highest BCUT2D eigenvalue weighted by Crippen LogP contribution is 2.76. The molecule has 57 heavy (non-hydrogen) atoms. The van der Waals surface area contributed by atoms with E-state index in [4.69, 9.17) is 18.9 Å². The Hall–Kier alpha value is -1.76. The lowest BCUT2D eigenvalue weighted by molar-refractivity contribution is -0.336. The predicted octanol–water partition coefficient (Wildman–Crippen LogP) is 1.38. The molecular weight excluding hydrogens is 744 g/mol. The first kappa shape index (κ1) is 43.3. The Morgan fingerprint density at radius 2 is 1.39 bits per heavy atom. The Balaban J connectivity index is 1.17. The Morgan fingerprint density at radius 3 is 2.04 bits per heavy atom. The third-order valence-electron chi connectivity index (χ3n) is 17.1. The molecule has 0 radical (unpaired) electrons. The molecule has 0 bridgehead atoms. The summed E-state index contributed by atoms with van der Waals surface area (Å²) in [5.74, 6) is -2.03. The van der Waals surface area contributed by atoms with Gasteiger partial charge in [0.15, 0.2) is 12.4 Å². The molecule has 0 aromatic heterocycles. The van der Waals surface area contributed by atoms with Crippen molar-refractivity contribution in [3.8, 4) is 0 Å². The number of rotatable bonds is 6. The van der Waals surface area contributed by atoms with Gasteiger partial charge in [0.05, 0.1) is 24.2 Å². The fraction of sp³-hybridized carbons (Fsp3) is 0.905. The molecular formula is C42H66O15. The van der Waals surface area contributed by atoms with Gasteiger partial charge in [-0.25, -0.2) is 4.79 Å². The highest BCUT2D eigenvalue weighted by molar-refractivity contribution is 5.79. The predicted molar refractivity (Wildman–Crippen MR) is 199 cm³/mol. The SMILES string of the molecule is CC1(C)CC[C@]2(C(=O)O[C@H]3O[C@@H](CO)[C@H](O)[C@@H](O)[C@@H]3O)CC[C@]3(C)C(=CC[C@@H]4[C@@]5(C)C[C@@H](O)[C@H](O[C@@H]6O[C@H](C(=O)O)[C@@H](O)[C@H](O)[C@@H]6O)C(C)(C)[C@@H]5CC[C@]43C)[C@@H]2C1. The molecule has 7 rings (SSSR count). The number of aliphatic hydroxyl groups excluding tert-OH is 8. The zero-order valence-electron chi connectivity index (χ0n) is 34.3. The number of esters is 1. The van der Waals surface area contributed by atoms with Crippen LogP contribution >= 0.6 is 0 Å². The van der Waals surface area contributed by atoms with Gasteiger partial charge in [-0.3, -0.25) is 4.79 Å². The zero-order valence-corrected chi connectivity index (χ0v) is 34.3. The van der Waals surface area contributed by atoms with Crippen molar-refractivity contribution >= 4 is 11.9 Å². The van der Waals surface area contributed by atoms with Crippen molar-refractivity contribution in [3.05, 3.63) is 11.6 Å². The summed E-state index contributed by atoms with van der Waals surface area (Å²) in [5, 5.41) is 94.4. The largest absolute Gasteiger partial charge is 0.479 e. The summed E-state index contributed by atoms with van der Waals surface area (Å²) in [4.78, 5) is 26.4. The molecule has 15 nitrogen and oxygen atoms in total. The molecule has 0 amide bonds. The second-order valence-corrected chi connectivity index (χ2v) is 20.9. The number of allylic oxidation sites excluding steroid dienone is 2. The zero-order chi connectivity index (χ0) is 42.0. The first-order chi connectivity index (χ1) is 26.4. The molecule has 7 aliphatic rings. The van der Waals surface area contributed by atoms with Crippen LogP contribution in [0.15, 0.2) is 11.6 Å². The summed E-state index contributed by atoms with van der Waals surface area (Å²) in [6.45, 7) is 14.8. The van der Waals surface area contributed by atoms with Gasteiger partial charge < -0.3 is 64.9 Å². The number of carbonyl (C=O) groups excluding carboxylic acids is 1. The fourth-order valence-corrected chi connectivity index (χ4v) is 13.7. The highest BCUT2D eigenvalue weighted by Gasteiger charge is 2.71. The lowest BCUT2D eigenvalue weighted by Gasteiger charge is -2.71. The number of ether oxygens (including phenoxy) is 4. The molecule has 5 aliphatic carbocycles. The van der Waals surface area contributed by atoms with Gasteiger partial charge >= 0.3 is 11.9 Å². The van der Waals surface area contributed by atoms with Crippen LogP contribution in [0.3, 0.4) is 0 Å². The molecule has 2 saturated heterocycles. The minimum Gasteiger partial charge on any atom is -0.479 e. The van der Waals surface area contributed by atoms with E-state index in [1.165, 1.54) is 5.57 Å². The van der Waals surface area contributed by atoms with Crippen LogP contribution in [-0.4, -0.2) is 138 Å². The standard InChI is InChI=1S/C42H66O15/c1-37(2)12-14-42(36(53)57-34-29(49)26(46)25(45)22(18-43)54-34)15-13-40(6)19(20(42)16-37)8-9-24-39(5)17-21(44)32(38(3,4)23(39)10-11-41(24,40)7)56-35-30(50)27(47)28(48)31(55-35)33(51)52/h8,20-32,34-35,43-50H,9-18H2,1-7H3,(H,51,52)/t20-,21+,22-,23-,24+,25-,26+,27-,28-,29-,30-,31-,32-,34+,35-,39-,40+,41+,42-/m0/s1. The van der Waals surface area contributed by atoms with Gasteiger partial charge in [0.2, 0.25) is 6.29 Å². The van der Waals surface area contributed by atoms with Crippen LogP contribution < -0.4 is 0 Å². The lowest BCUT2D eigenvalue weighted by atomic mass is 9.33. The molecule has 6 fully saturated rings. The van der Waals surface area contributed by atoms with Crippen LogP contribution in [0.1, 0.15) is 106 Å². The summed E-state index contributed by atoms with van der Waals surface area (Å²) in [6.07, 6.45) is -10.0. The van der Waals surface area contributed by atoms with Crippen molar-refractivity contribution in [1.29, 1.82) is 0 Å². The summed E-state index contributed by atoms with van der Waals surface area (Å²) in [5.41, 5.74) is -1.37. The number of carboxylic acids is 1. The molecule has 0 spiro atoms. The number of hydrogen-bond acceptors (Lipinski definition) is 14. The quantitative estimate of drug-likeness (QED) is 0.104. The van der Waals surface area contributed by atoms with E-state index in [1.807, 2.05) is 13.8 Å². The van der Waals surface area contributed by atoms with Gasteiger partial charge in [0.25, 0.3) is 0 Å². The van der Waals surface area contributed by atoms with Crippen molar-refractivity contribution in [2.24, 2.45) is 50.2 Å².